The Balaban J connectivity index is 0.00000364. The molecule has 10 heteroatoms. The molecule has 0 aromatic heterocycles. The Kier molecular flexibility index (Phi) is 10.8. The van der Waals surface area contributed by atoms with E-state index < -0.39 is 10.0 Å². The molecule has 1 atom stereocenters. The molecule has 1 fully saturated rings. The molecule has 1 aliphatic heterocycles. The predicted molar refractivity (Wildman–Crippen MR) is 104 cm³/mol. The summed E-state index contributed by atoms with van der Waals surface area (Å²) in [6, 6.07) is 6.46. The van der Waals surface area contributed by atoms with E-state index in [0.717, 1.165) is 18.4 Å². The number of hydrogen-bond acceptors (Lipinski definition) is 6. The Morgan fingerprint density at radius 3 is 2.67 bits per heavy atom. The molecule has 0 saturated carbocycles. The fourth-order valence-electron chi connectivity index (χ4n) is 2.52. The first-order chi connectivity index (χ1) is 12.5. The van der Waals surface area contributed by atoms with Crippen LogP contribution in [0.15, 0.2) is 29.2 Å². The van der Waals surface area contributed by atoms with Gasteiger partial charge in [0.25, 0.3) is 0 Å². The van der Waals surface area contributed by atoms with Crippen LogP contribution in [0.2, 0.25) is 0 Å². The molecule has 1 aliphatic rings. The number of rotatable bonds is 11. The van der Waals surface area contributed by atoms with Crippen molar-refractivity contribution in [2.45, 2.75) is 30.4 Å². The first-order valence-corrected chi connectivity index (χ1v) is 10.2. The number of sulfonamides is 1. The second-order valence-corrected chi connectivity index (χ2v) is 7.84. The van der Waals surface area contributed by atoms with E-state index in [4.69, 9.17) is 9.47 Å². The Morgan fingerprint density at radius 1 is 1.30 bits per heavy atom. The van der Waals surface area contributed by atoms with Gasteiger partial charge in [0, 0.05) is 33.4 Å². The molecule has 1 amide bonds. The predicted octanol–water partition coefficient (Wildman–Crippen LogP) is 0.418. The standard InChI is InChI=1S/C17H27N3O5S.ClH/c1-24-10-8-18-13-17(21)19-11-14-4-6-16(7-5-14)26(22,23)20-12-15-3-2-9-25-15;/h4-7,15,18,20H,2-3,8-13H2,1H3,(H,19,21);1H. The van der Waals surface area contributed by atoms with Gasteiger partial charge >= 0.3 is 0 Å². The highest BCUT2D eigenvalue weighted by Gasteiger charge is 2.20. The number of carbonyl (C=O) groups is 1. The highest BCUT2D eigenvalue weighted by atomic mass is 35.5. The number of amides is 1. The molecule has 1 saturated heterocycles. The van der Waals surface area contributed by atoms with Crippen LogP contribution in [0.3, 0.4) is 0 Å². The summed E-state index contributed by atoms with van der Waals surface area (Å²) >= 11 is 0. The lowest BCUT2D eigenvalue weighted by Gasteiger charge is -2.12. The van der Waals surface area contributed by atoms with Crippen LogP contribution >= 0.6 is 12.4 Å². The van der Waals surface area contributed by atoms with Crippen molar-refractivity contribution < 1.29 is 22.7 Å². The molecule has 27 heavy (non-hydrogen) atoms. The van der Waals surface area contributed by atoms with Gasteiger partial charge in [-0.2, -0.15) is 0 Å². The van der Waals surface area contributed by atoms with E-state index in [-0.39, 0.29) is 42.4 Å². The van der Waals surface area contributed by atoms with Crippen molar-refractivity contribution >= 4 is 28.3 Å². The number of benzene rings is 1. The zero-order chi connectivity index (χ0) is 18.8. The number of carbonyl (C=O) groups excluding carboxylic acids is 1. The van der Waals surface area contributed by atoms with Gasteiger partial charge in [-0.25, -0.2) is 13.1 Å². The van der Waals surface area contributed by atoms with Crippen molar-refractivity contribution in [3.8, 4) is 0 Å². The molecular formula is C17H28ClN3O5S. The molecule has 0 bridgehead atoms. The molecular weight excluding hydrogens is 394 g/mol. The summed E-state index contributed by atoms with van der Waals surface area (Å²) < 4.78 is 37.4. The molecule has 1 unspecified atom stereocenters. The fourth-order valence-corrected chi connectivity index (χ4v) is 3.58. The van der Waals surface area contributed by atoms with Crippen LogP contribution in [-0.2, 0) is 30.8 Å². The first kappa shape index (κ1) is 23.8. The van der Waals surface area contributed by atoms with E-state index in [2.05, 4.69) is 15.4 Å². The monoisotopic (exact) mass is 421 g/mol. The van der Waals surface area contributed by atoms with Gasteiger partial charge in [0.1, 0.15) is 0 Å². The van der Waals surface area contributed by atoms with Crippen molar-refractivity contribution in [3.05, 3.63) is 29.8 Å². The average Bonchev–Trinajstić information content (AvgIpc) is 3.16. The van der Waals surface area contributed by atoms with Gasteiger partial charge in [-0.3, -0.25) is 4.79 Å². The van der Waals surface area contributed by atoms with Crippen molar-refractivity contribution in [2.75, 3.05) is 40.0 Å². The van der Waals surface area contributed by atoms with E-state index in [1.807, 2.05) is 0 Å². The molecule has 0 spiro atoms. The van der Waals surface area contributed by atoms with Crippen LogP contribution in [0, 0.1) is 0 Å². The Hall–Kier alpha value is -1.23. The lowest BCUT2D eigenvalue weighted by molar-refractivity contribution is -0.120. The molecule has 1 aromatic rings. The Morgan fingerprint density at radius 2 is 2.04 bits per heavy atom. The fraction of sp³-hybridized carbons (Fsp3) is 0.588. The summed E-state index contributed by atoms with van der Waals surface area (Å²) in [7, 11) is -1.95. The van der Waals surface area contributed by atoms with E-state index in [1.54, 1.807) is 19.2 Å². The molecule has 3 N–H and O–H groups in total. The summed E-state index contributed by atoms with van der Waals surface area (Å²) in [6.45, 7) is 2.68. The van der Waals surface area contributed by atoms with Crippen LogP contribution < -0.4 is 15.4 Å². The minimum atomic E-state index is -3.55. The maximum absolute atomic E-state index is 12.3. The topological polar surface area (TPSA) is 106 Å². The quantitative estimate of drug-likeness (QED) is 0.447. The maximum atomic E-state index is 12.3. The minimum absolute atomic E-state index is 0. The van der Waals surface area contributed by atoms with E-state index in [1.165, 1.54) is 12.1 Å². The normalized spacial score (nSPS) is 16.7. The number of halogens is 1. The van der Waals surface area contributed by atoms with Gasteiger partial charge in [-0.1, -0.05) is 12.1 Å². The number of methoxy groups -OCH3 is 1. The zero-order valence-electron chi connectivity index (χ0n) is 15.4. The third-order valence-electron chi connectivity index (χ3n) is 4.02. The van der Waals surface area contributed by atoms with Crippen LogP contribution in [0.5, 0.6) is 0 Å². The summed E-state index contributed by atoms with van der Waals surface area (Å²) in [4.78, 5) is 11.9. The van der Waals surface area contributed by atoms with Crippen molar-refractivity contribution in [2.24, 2.45) is 0 Å². The molecule has 0 aliphatic carbocycles. The Labute approximate surface area is 166 Å². The van der Waals surface area contributed by atoms with E-state index >= 15 is 0 Å². The maximum Gasteiger partial charge on any atom is 0.240 e. The van der Waals surface area contributed by atoms with Crippen LogP contribution in [0.4, 0.5) is 0 Å². The Bertz CT molecular complexity index is 664. The highest BCUT2D eigenvalue weighted by Crippen LogP contribution is 2.14. The molecule has 2 rings (SSSR count). The van der Waals surface area contributed by atoms with Crippen LogP contribution in [-0.4, -0.2) is 60.4 Å². The second-order valence-electron chi connectivity index (χ2n) is 6.08. The first-order valence-electron chi connectivity index (χ1n) is 8.68. The molecule has 0 radical (unpaired) electrons. The van der Waals surface area contributed by atoms with Gasteiger partial charge < -0.3 is 20.1 Å². The summed E-state index contributed by atoms with van der Waals surface area (Å²) in [6.07, 6.45) is 1.80. The smallest absolute Gasteiger partial charge is 0.240 e. The highest BCUT2D eigenvalue weighted by molar-refractivity contribution is 7.89. The van der Waals surface area contributed by atoms with Crippen molar-refractivity contribution in [1.29, 1.82) is 0 Å². The van der Waals surface area contributed by atoms with Gasteiger partial charge in [0.15, 0.2) is 0 Å². The SMILES string of the molecule is COCCNCC(=O)NCc1ccc(S(=O)(=O)NCC2CCCO2)cc1.Cl. The van der Waals surface area contributed by atoms with Crippen molar-refractivity contribution in [3.63, 3.8) is 0 Å². The average molecular weight is 422 g/mol. The molecule has 1 aromatic carbocycles. The summed E-state index contributed by atoms with van der Waals surface area (Å²) in [5, 5.41) is 5.73. The summed E-state index contributed by atoms with van der Waals surface area (Å²) in [5.41, 5.74) is 0.827. The summed E-state index contributed by atoms with van der Waals surface area (Å²) in [5.74, 6) is -0.129. The third kappa shape index (κ3) is 8.54. The van der Waals surface area contributed by atoms with E-state index in [9.17, 15) is 13.2 Å². The molecule has 1 heterocycles. The van der Waals surface area contributed by atoms with Gasteiger partial charge in [0.2, 0.25) is 15.9 Å². The number of nitrogens with one attached hydrogen (secondary N) is 3. The van der Waals surface area contributed by atoms with Crippen LogP contribution in [0.25, 0.3) is 0 Å². The largest absolute Gasteiger partial charge is 0.383 e. The minimum Gasteiger partial charge on any atom is -0.383 e. The van der Waals surface area contributed by atoms with Gasteiger partial charge in [-0.15, -0.1) is 12.4 Å². The lowest BCUT2D eigenvalue weighted by Crippen LogP contribution is -2.34. The molecule has 154 valence electrons. The zero-order valence-corrected chi connectivity index (χ0v) is 17.0. The number of ether oxygens (including phenoxy) is 2. The third-order valence-corrected chi connectivity index (χ3v) is 5.46. The number of hydrogen-bond donors (Lipinski definition) is 3. The second kappa shape index (κ2) is 12.3. The van der Waals surface area contributed by atoms with E-state index in [0.29, 0.717) is 26.3 Å². The van der Waals surface area contributed by atoms with Gasteiger partial charge in [-0.05, 0) is 30.5 Å². The lowest BCUT2D eigenvalue weighted by atomic mass is 10.2. The van der Waals surface area contributed by atoms with Crippen molar-refractivity contribution in [1.82, 2.24) is 15.4 Å². The molecule has 8 nitrogen and oxygen atoms in total. The van der Waals surface area contributed by atoms with Crippen LogP contribution in [0.1, 0.15) is 18.4 Å². The van der Waals surface area contributed by atoms with Gasteiger partial charge in [0.05, 0.1) is 24.2 Å².